The van der Waals surface area contributed by atoms with Crippen LogP contribution in [0, 0.1) is 5.82 Å². The zero-order valence-corrected chi connectivity index (χ0v) is 14.1. The van der Waals surface area contributed by atoms with Gasteiger partial charge < -0.3 is 15.4 Å². The number of ether oxygens (including phenoxy) is 1. The van der Waals surface area contributed by atoms with Crippen molar-refractivity contribution in [3.8, 4) is 0 Å². The SMILES string of the molecule is CO[C@H](CNC(=O)C(=O)Nc1ccccc1C(F)(F)F)c1cccc(F)c1. The fourth-order valence-electron chi connectivity index (χ4n) is 2.33. The van der Waals surface area contributed by atoms with Crippen molar-refractivity contribution >= 4 is 17.5 Å². The summed E-state index contributed by atoms with van der Waals surface area (Å²) < 4.78 is 57.2. The largest absolute Gasteiger partial charge is 0.418 e. The van der Waals surface area contributed by atoms with Crippen LogP contribution in [-0.4, -0.2) is 25.5 Å². The summed E-state index contributed by atoms with van der Waals surface area (Å²) >= 11 is 0. The van der Waals surface area contributed by atoms with Gasteiger partial charge in [0.15, 0.2) is 0 Å². The molecule has 0 saturated carbocycles. The van der Waals surface area contributed by atoms with E-state index in [4.69, 9.17) is 4.74 Å². The molecule has 0 aliphatic heterocycles. The molecule has 0 saturated heterocycles. The molecule has 2 aromatic carbocycles. The summed E-state index contributed by atoms with van der Waals surface area (Å²) in [4.78, 5) is 23.8. The summed E-state index contributed by atoms with van der Waals surface area (Å²) in [6.45, 7) is -0.173. The second-order valence-electron chi connectivity index (χ2n) is 5.49. The summed E-state index contributed by atoms with van der Waals surface area (Å²) in [5, 5.41) is 4.19. The van der Waals surface area contributed by atoms with Gasteiger partial charge >= 0.3 is 18.0 Å². The van der Waals surface area contributed by atoms with Crippen LogP contribution in [0.25, 0.3) is 0 Å². The number of rotatable bonds is 5. The van der Waals surface area contributed by atoms with Crippen LogP contribution in [-0.2, 0) is 20.5 Å². The first-order chi connectivity index (χ1) is 12.7. The first-order valence-electron chi connectivity index (χ1n) is 7.76. The highest BCUT2D eigenvalue weighted by Crippen LogP contribution is 2.34. The lowest BCUT2D eigenvalue weighted by atomic mass is 10.1. The van der Waals surface area contributed by atoms with Gasteiger partial charge in [-0.3, -0.25) is 9.59 Å². The van der Waals surface area contributed by atoms with E-state index in [0.717, 1.165) is 12.1 Å². The molecule has 144 valence electrons. The molecule has 0 aliphatic rings. The number of anilines is 1. The Morgan fingerprint density at radius 1 is 1.07 bits per heavy atom. The second-order valence-corrected chi connectivity index (χ2v) is 5.49. The fraction of sp³-hybridized carbons (Fsp3) is 0.222. The molecule has 0 aliphatic carbocycles. The Morgan fingerprint density at radius 3 is 2.41 bits per heavy atom. The molecule has 5 nitrogen and oxygen atoms in total. The first-order valence-corrected chi connectivity index (χ1v) is 7.76. The highest BCUT2D eigenvalue weighted by atomic mass is 19.4. The maximum absolute atomic E-state index is 13.3. The Kier molecular flexibility index (Phi) is 6.51. The lowest BCUT2D eigenvalue weighted by molar-refractivity contribution is -0.138. The molecule has 9 heteroatoms. The monoisotopic (exact) mass is 384 g/mol. The minimum atomic E-state index is -4.68. The van der Waals surface area contributed by atoms with Gasteiger partial charge in [-0.15, -0.1) is 0 Å². The third-order valence-electron chi connectivity index (χ3n) is 3.64. The number of methoxy groups -OCH3 is 1. The minimum Gasteiger partial charge on any atom is -0.375 e. The molecule has 2 aromatic rings. The standard InChI is InChI=1S/C18H16F4N2O3/c1-27-15(11-5-4-6-12(19)9-11)10-23-16(25)17(26)24-14-8-3-2-7-13(14)18(20,21)22/h2-9,15H,10H2,1H3,(H,23,25)(H,24,26)/t15-/m1/s1. The van der Waals surface area contributed by atoms with Crippen LogP contribution in [0.15, 0.2) is 48.5 Å². The number of hydrogen-bond donors (Lipinski definition) is 2. The van der Waals surface area contributed by atoms with E-state index < -0.39 is 41.2 Å². The number of amides is 2. The van der Waals surface area contributed by atoms with E-state index in [1.807, 2.05) is 5.32 Å². The summed E-state index contributed by atoms with van der Waals surface area (Å²) in [5.74, 6) is -2.91. The Bertz CT molecular complexity index is 824. The number of para-hydroxylation sites is 1. The maximum Gasteiger partial charge on any atom is 0.418 e. The molecule has 0 bridgehead atoms. The summed E-state index contributed by atoms with van der Waals surface area (Å²) in [6.07, 6.45) is -5.42. The third kappa shape index (κ3) is 5.52. The van der Waals surface area contributed by atoms with E-state index in [0.29, 0.717) is 5.56 Å². The number of benzene rings is 2. The van der Waals surface area contributed by atoms with Crippen molar-refractivity contribution in [2.75, 3.05) is 19.0 Å². The number of carbonyl (C=O) groups is 2. The Morgan fingerprint density at radius 2 is 1.78 bits per heavy atom. The smallest absolute Gasteiger partial charge is 0.375 e. The highest BCUT2D eigenvalue weighted by molar-refractivity contribution is 6.39. The van der Waals surface area contributed by atoms with Gasteiger partial charge in [-0.2, -0.15) is 13.2 Å². The lowest BCUT2D eigenvalue weighted by Gasteiger charge is -2.17. The third-order valence-corrected chi connectivity index (χ3v) is 3.64. The zero-order chi connectivity index (χ0) is 20.0. The van der Waals surface area contributed by atoms with Gasteiger partial charge in [0.2, 0.25) is 0 Å². The van der Waals surface area contributed by atoms with Gasteiger partial charge in [0.1, 0.15) is 5.82 Å². The van der Waals surface area contributed by atoms with Gasteiger partial charge in [0.05, 0.1) is 17.4 Å². The van der Waals surface area contributed by atoms with Crippen molar-refractivity contribution < 1.29 is 31.9 Å². The topological polar surface area (TPSA) is 67.4 Å². The van der Waals surface area contributed by atoms with Crippen molar-refractivity contribution in [1.29, 1.82) is 0 Å². The molecular formula is C18H16F4N2O3. The average Bonchev–Trinajstić information content (AvgIpc) is 2.61. The molecule has 2 N–H and O–H groups in total. The normalized spacial score (nSPS) is 12.3. The first kappa shape index (κ1) is 20.4. The van der Waals surface area contributed by atoms with Crippen molar-refractivity contribution in [3.05, 3.63) is 65.5 Å². The molecule has 1 atom stereocenters. The summed E-state index contributed by atoms with van der Waals surface area (Å²) in [7, 11) is 1.33. The van der Waals surface area contributed by atoms with Crippen molar-refractivity contribution in [2.24, 2.45) is 0 Å². The predicted octanol–water partition coefficient (Wildman–Crippen LogP) is 3.29. The number of nitrogens with one attached hydrogen (secondary N) is 2. The molecule has 2 amide bonds. The molecule has 0 heterocycles. The van der Waals surface area contributed by atoms with Crippen LogP contribution in [0.4, 0.5) is 23.2 Å². The van der Waals surface area contributed by atoms with E-state index in [9.17, 15) is 27.2 Å². The van der Waals surface area contributed by atoms with Crippen LogP contribution in [0.1, 0.15) is 17.2 Å². The van der Waals surface area contributed by atoms with E-state index >= 15 is 0 Å². The predicted molar refractivity (Wildman–Crippen MR) is 89.2 cm³/mol. The molecule has 2 rings (SSSR count). The summed E-state index contributed by atoms with van der Waals surface area (Å²) in [5.41, 5.74) is -1.17. The summed E-state index contributed by atoms with van der Waals surface area (Å²) in [6, 6.07) is 9.77. The highest BCUT2D eigenvalue weighted by Gasteiger charge is 2.34. The van der Waals surface area contributed by atoms with Gasteiger partial charge in [-0.05, 0) is 29.8 Å². The van der Waals surface area contributed by atoms with Crippen LogP contribution < -0.4 is 10.6 Å². The second kappa shape index (κ2) is 8.63. The van der Waals surface area contributed by atoms with Gasteiger partial charge in [-0.25, -0.2) is 4.39 Å². The Balaban J connectivity index is 2.01. The molecule has 0 unspecified atom stereocenters. The molecular weight excluding hydrogens is 368 g/mol. The van der Waals surface area contributed by atoms with E-state index in [-0.39, 0.29) is 6.54 Å². The van der Waals surface area contributed by atoms with Crippen molar-refractivity contribution in [1.82, 2.24) is 5.32 Å². The van der Waals surface area contributed by atoms with Crippen LogP contribution in [0.2, 0.25) is 0 Å². The van der Waals surface area contributed by atoms with Crippen LogP contribution in [0.3, 0.4) is 0 Å². The van der Waals surface area contributed by atoms with Crippen molar-refractivity contribution in [3.63, 3.8) is 0 Å². The van der Waals surface area contributed by atoms with Crippen LogP contribution in [0.5, 0.6) is 0 Å². The molecule has 0 spiro atoms. The minimum absolute atomic E-state index is 0.173. The molecule has 0 fully saturated rings. The Hall–Kier alpha value is -2.94. The number of hydrogen-bond acceptors (Lipinski definition) is 3. The Labute approximate surface area is 152 Å². The van der Waals surface area contributed by atoms with E-state index in [2.05, 4.69) is 5.32 Å². The van der Waals surface area contributed by atoms with Crippen LogP contribution >= 0.6 is 0 Å². The molecule has 27 heavy (non-hydrogen) atoms. The average molecular weight is 384 g/mol. The van der Waals surface area contributed by atoms with Gasteiger partial charge in [0, 0.05) is 13.7 Å². The van der Waals surface area contributed by atoms with Crippen molar-refractivity contribution in [2.45, 2.75) is 12.3 Å². The molecule has 0 radical (unpaired) electrons. The maximum atomic E-state index is 13.3. The van der Waals surface area contributed by atoms with Gasteiger partial charge in [0.25, 0.3) is 0 Å². The fourth-order valence-corrected chi connectivity index (χ4v) is 2.33. The van der Waals surface area contributed by atoms with Gasteiger partial charge in [-0.1, -0.05) is 24.3 Å². The quantitative estimate of drug-likeness (QED) is 0.614. The number of alkyl halides is 3. The number of carbonyl (C=O) groups excluding carboxylic acids is 2. The zero-order valence-electron chi connectivity index (χ0n) is 14.1. The lowest BCUT2D eigenvalue weighted by Crippen LogP contribution is -2.38. The number of halogens is 4. The van der Waals surface area contributed by atoms with E-state index in [1.165, 1.54) is 37.4 Å². The van der Waals surface area contributed by atoms with E-state index in [1.54, 1.807) is 6.07 Å². The molecule has 0 aromatic heterocycles.